The Morgan fingerprint density at radius 1 is 1.14 bits per heavy atom. The lowest BCUT2D eigenvalue weighted by atomic mass is 9.86. The zero-order chi connectivity index (χ0) is 16.0. The standard InChI is InChI=1S/C18H31NO2/c1-13(2)14(3)19-10-11-21-17-9-8-15(20-7)12-16(17)18(4,5)6/h8-9,12-14,19H,10-11H2,1-7H3. The van der Waals surface area contributed by atoms with Crippen LogP contribution in [0, 0.1) is 5.92 Å². The molecule has 0 aliphatic rings. The van der Waals surface area contributed by atoms with Gasteiger partial charge in [0, 0.05) is 18.2 Å². The third kappa shape index (κ3) is 5.58. The molecule has 0 bridgehead atoms. The Balaban J connectivity index is 2.66. The second-order valence-corrected chi connectivity index (χ2v) is 6.95. The molecule has 0 aromatic heterocycles. The average molecular weight is 293 g/mol. The van der Waals surface area contributed by atoms with Gasteiger partial charge >= 0.3 is 0 Å². The van der Waals surface area contributed by atoms with E-state index in [2.05, 4.69) is 52.9 Å². The van der Waals surface area contributed by atoms with Gasteiger partial charge in [0.25, 0.3) is 0 Å². The van der Waals surface area contributed by atoms with Crippen molar-refractivity contribution in [2.24, 2.45) is 5.92 Å². The van der Waals surface area contributed by atoms with Gasteiger partial charge in [0.1, 0.15) is 18.1 Å². The van der Waals surface area contributed by atoms with Crippen molar-refractivity contribution in [2.75, 3.05) is 20.3 Å². The van der Waals surface area contributed by atoms with Gasteiger partial charge in [-0.3, -0.25) is 0 Å². The summed E-state index contributed by atoms with van der Waals surface area (Å²) in [7, 11) is 1.69. The van der Waals surface area contributed by atoms with Gasteiger partial charge in [-0.15, -0.1) is 0 Å². The van der Waals surface area contributed by atoms with Gasteiger partial charge in [-0.1, -0.05) is 34.6 Å². The number of rotatable bonds is 7. The Hall–Kier alpha value is -1.22. The van der Waals surface area contributed by atoms with E-state index in [1.54, 1.807) is 7.11 Å². The van der Waals surface area contributed by atoms with E-state index in [9.17, 15) is 0 Å². The molecule has 0 radical (unpaired) electrons. The van der Waals surface area contributed by atoms with E-state index in [0.29, 0.717) is 18.6 Å². The van der Waals surface area contributed by atoms with Crippen molar-refractivity contribution in [3.63, 3.8) is 0 Å². The molecule has 0 saturated heterocycles. The number of hydrogen-bond donors (Lipinski definition) is 1. The lowest BCUT2D eigenvalue weighted by Crippen LogP contribution is -2.34. The average Bonchev–Trinajstić information content (AvgIpc) is 2.42. The maximum absolute atomic E-state index is 5.98. The van der Waals surface area contributed by atoms with E-state index in [1.807, 2.05) is 12.1 Å². The first-order valence-electron chi connectivity index (χ1n) is 7.80. The second kappa shape index (κ2) is 7.69. The van der Waals surface area contributed by atoms with Crippen LogP contribution >= 0.6 is 0 Å². The molecule has 21 heavy (non-hydrogen) atoms. The smallest absolute Gasteiger partial charge is 0.123 e. The molecule has 0 aliphatic carbocycles. The molecule has 0 amide bonds. The normalized spacial score (nSPS) is 13.3. The zero-order valence-corrected chi connectivity index (χ0v) is 14.6. The van der Waals surface area contributed by atoms with Crippen LogP contribution in [0.1, 0.15) is 47.1 Å². The summed E-state index contributed by atoms with van der Waals surface area (Å²) in [6, 6.07) is 6.53. The van der Waals surface area contributed by atoms with E-state index in [4.69, 9.17) is 9.47 Å². The van der Waals surface area contributed by atoms with Gasteiger partial charge in [-0.05, 0) is 36.5 Å². The minimum Gasteiger partial charge on any atom is -0.497 e. The molecule has 1 aromatic carbocycles. The third-order valence-corrected chi connectivity index (χ3v) is 3.82. The molecule has 1 aromatic rings. The van der Waals surface area contributed by atoms with Gasteiger partial charge in [0.15, 0.2) is 0 Å². The predicted molar refractivity (Wildman–Crippen MR) is 89.5 cm³/mol. The highest BCUT2D eigenvalue weighted by Crippen LogP contribution is 2.34. The molecule has 0 saturated carbocycles. The number of methoxy groups -OCH3 is 1. The van der Waals surface area contributed by atoms with Crippen molar-refractivity contribution < 1.29 is 9.47 Å². The van der Waals surface area contributed by atoms with E-state index >= 15 is 0 Å². The molecule has 1 unspecified atom stereocenters. The summed E-state index contributed by atoms with van der Waals surface area (Å²) in [5.74, 6) is 2.46. The van der Waals surface area contributed by atoms with Gasteiger partial charge in [-0.25, -0.2) is 0 Å². The maximum Gasteiger partial charge on any atom is 0.123 e. The minimum atomic E-state index is 0.0303. The van der Waals surface area contributed by atoms with Gasteiger partial charge in [-0.2, -0.15) is 0 Å². The second-order valence-electron chi connectivity index (χ2n) is 6.95. The first-order chi connectivity index (χ1) is 9.75. The lowest BCUT2D eigenvalue weighted by molar-refractivity contribution is 0.289. The van der Waals surface area contributed by atoms with Gasteiger partial charge < -0.3 is 14.8 Å². The summed E-state index contributed by atoms with van der Waals surface area (Å²) >= 11 is 0. The van der Waals surface area contributed by atoms with Crippen LogP contribution in [0.2, 0.25) is 0 Å². The highest BCUT2D eigenvalue weighted by atomic mass is 16.5. The number of nitrogens with one attached hydrogen (secondary N) is 1. The fraction of sp³-hybridized carbons (Fsp3) is 0.667. The Bertz CT molecular complexity index is 435. The highest BCUT2D eigenvalue weighted by Gasteiger charge is 2.20. The monoisotopic (exact) mass is 293 g/mol. The van der Waals surface area contributed by atoms with E-state index in [0.717, 1.165) is 18.0 Å². The molecule has 0 aliphatic heterocycles. The molecular weight excluding hydrogens is 262 g/mol. The number of benzene rings is 1. The third-order valence-electron chi connectivity index (χ3n) is 3.82. The fourth-order valence-electron chi connectivity index (χ4n) is 2.03. The Morgan fingerprint density at radius 3 is 2.33 bits per heavy atom. The summed E-state index contributed by atoms with van der Waals surface area (Å²) in [6.07, 6.45) is 0. The summed E-state index contributed by atoms with van der Waals surface area (Å²) in [5.41, 5.74) is 1.21. The van der Waals surface area contributed by atoms with Crippen LogP contribution < -0.4 is 14.8 Å². The summed E-state index contributed by atoms with van der Waals surface area (Å²) in [6.45, 7) is 14.7. The zero-order valence-electron chi connectivity index (χ0n) is 14.6. The largest absolute Gasteiger partial charge is 0.497 e. The Labute approximate surface area is 130 Å². The summed E-state index contributed by atoms with van der Waals surface area (Å²) < 4.78 is 11.3. The predicted octanol–water partition coefficient (Wildman–Crippen LogP) is 4.01. The van der Waals surface area contributed by atoms with E-state index in [-0.39, 0.29) is 5.41 Å². The summed E-state index contributed by atoms with van der Waals surface area (Å²) in [4.78, 5) is 0. The Morgan fingerprint density at radius 2 is 1.81 bits per heavy atom. The lowest BCUT2D eigenvalue weighted by Gasteiger charge is -2.24. The van der Waals surface area contributed by atoms with Gasteiger partial charge in [0.2, 0.25) is 0 Å². The highest BCUT2D eigenvalue weighted by molar-refractivity contribution is 5.44. The Kier molecular flexibility index (Phi) is 6.53. The molecule has 0 fully saturated rings. The van der Waals surface area contributed by atoms with Crippen molar-refractivity contribution in [3.05, 3.63) is 23.8 Å². The van der Waals surface area contributed by atoms with Crippen molar-refractivity contribution in [1.82, 2.24) is 5.32 Å². The molecule has 3 nitrogen and oxygen atoms in total. The van der Waals surface area contributed by atoms with Crippen molar-refractivity contribution in [2.45, 2.75) is 53.0 Å². The SMILES string of the molecule is COc1ccc(OCCNC(C)C(C)C)c(C(C)(C)C)c1. The molecule has 0 heterocycles. The van der Waals surface area contributed by atoms with Crippen molar-refractivity contribution >= 4 is 0 Å². The number of hydrogen-bond acceptors (Lipinski definition) is 3. The molecule has 1 rings (SSSR count). The van der Waals surface area contributed by atoms with Crippen molar-refractivity contribution in [1.29, 1.82) is 0 Å². The molecule has 1 N–H and O–H groups in total. The molecule has 3 heteroatoms. The number of ether oxygens (including phenoxy) is 2. The van der Waals surface area contributed by atoms with Crippen LogP contribution in [0.5, 0.6) is 11.5 Å². The minimum absolute atomic E-state index is 0.0303. The molecule has 1 atom stereocenters. The van der Waals surface area contributed by atoms with Crippen molar-refractivity contribution in [3.8, 4) is 11.5 Å². The molecule has 120 valence electrons. The van der Waals surface area contributed by atoms with Crippen LogP contribution in [0.25, 0.3) is 0 Å². The van der Waals surface area contributed by atoms with Gasteiger partial charge in [0.05, 0.1) is 7.11 Å². The first-order valence-corrected chi connectivity index (χ1v) is 7.80. The van der Waals surface area contributed by atoms with Crippen LogP contribution in [0.15, 0.2) is 18.2 Å². The van der Waals surface area contributed by atoms with Crippen LogP contribution in [0.3, 0.4) is 0 Å². The van der Waals surface area contributed by atoms with Crippen LogP contribution in [-0.4, -0.2) is 26.3 Å². The molecular formula is C18H31NO2. The fourth-order valence-corrected chi connectivity index (χ4v) is 2.03. The van der Waals surface area contributed by atoms with E-state index in [1.165, 1.54) is 5.56 Å². The van der Waals surface area contributed by atoms with Crippen LogP contribution in [0.4, 0.5) is 0 Å². The first kappa shape index (κ1) is 17.8. The van der Waals surface area contributed by atoms with E-state index < -0.39 is 0 Å². The molecule has 0 spiro atoms. The summed E-state index contributed by atoms with van der Waals surface area (Å²) in [5, 5.41) is 3.48. The quantitative estimate of drug-likeness (QED) is 0.771. The van der Waals surface area contributed by atoms with Crippen LogP contribution in [-0.2, 0) is 5.41 Å². The maximum atomic E-state index is 5.98. The topological polar surface area (TPSA) is 30.5 Å².